The number of benzene rings is 2. The van der Waals surface area contributed by atoms with E-state index in [2.05, 4.69) is 0 Å². The van der Waals surface area contributed by atoms with E-state index in [1.54, 1.807) is 18.2 Å². The van der Waals surface area contributed by atoms with Gasteiger partial charge in [-0.3, -0.25) is 9.59 Å². The molecular formula is C26H24ClNO7S. The molecule has 1 unspecified atom stereocenters. The van der Waals surface area contributed by atoms with E-state index in [0.29, 0.717) is 22.8 Å². The molecule has 0 saturated carbocycles. The number of rotatable bonds is 8. The van der Waals surface area contributed by atoms with Gasteiger partial charge in [-0.25, -0.2) is 0 Å². The molecule has 1 aromatic heterocycles. The van der Waals surface area contributed by atoms with E-state index in [4.69, 9.17) is 30.5 Å². The number of amides is 1. The number of para-hydroxylation sites is 1. The lowest BCUT2D eigenvalue weighted by Crippen LogP contribution is -2.29. The Labute approximate surface area is 217 Å². The maximum Gasteiger partial charge on any atom is 0.295 e. The van der Waals surface area contributed by atoms with Gasteiger partial charge in [-0.1, -0.05) is 29.8 Å². The third-order valence-corrected chi connectivity index (χ3v) is 7.06. The molecule has 1 fully saturated rings. The lowest BCUT2D eigenvalue weighted by molar-refractivity contribution is -0.140. The van der Waals surface area contributed by atoms with Crippen LogP contribution < -0.4 is 18.9 Å². The third kappa shape index (κ3) is 4.36. The molecule has 188 valence electrons. The highest BCUT2D eigenvalue weighted by molar-refractivity contribution is 7.09. The predicted octanol–water partition coefficient (Wildman–Crippen LogP) is 5.06. The van der Waals surface area contributed by atoms with Crippen LogP contribution in [0.25, 0.3) is 5.76 Å². The second-order valence-electron chi connectivity index (χ2n) is 7.78. The second kappa shape index (κ2) is 10.5. The summed E-state index contributed by atoms with van der Waals surface area (Å²) in [4.78, 5) is 29.0. The number of hydrogen-bond donors (Lipinski definition) is 1. The molecule has 36 heavy (non-hydrogen) atoms. The monoisotopic (exact) mass is 529 g/mol. The maximum absolute atomic E-state index is 13.4. The third-order valence-electron chi connectivity index (χ3n) is 5.90. The number of thiophene rings is 1. The van der Waals surface area contributed by atoms with Gasteiger partial charge >= 0.3 is 0 Å². The van der Waals surface area contributed by atoms with Crippen molar-refractivity contribution >= 4 is 40.4 Å². The first-order chi connectivity index (χ1) is 17.4. The standard InChI is InChI=1S/C26H24ClNO7S/c1-32-18-9-5-8-15(25(18)35-4)22-21(24(30)26(31)28(22)13-14-7-6-10-36-14)23(29)16-11-17(27)20(34-3)12-19(16)33-2/h5-12,22,29H,13H2,1-4H3/b23-21+. The number of halogens is 1. The van der Waals surface area contributed by atoms with Crippen molar-refractivity contribution in [3.05, 3.63) is 74.4 Å². The molecule has 0 aliphatic carbocycles. The van der Waals surface area contributed by atoms with Crippen LogP contribution in [-0.4, -0.2) is 50.1 Å². The normalized spacial score (nSPS) is 16.8. The number of carbonyl (C=O) groups excluding carboxylic acids is 2. The molecule has 1 aliphatic heterocycles. The lowest BCUT2D eigenvalue weighted by Gasteiger charge is -2.27. The molecule has 3 aromatic rings. The number of ether oxygens (including phenoxy) is 4. The Morgan fingerprint density at radius 2 is 1.69 bits per heavy atom. The highest BCUT2D eigenvalue weighted by Crippen LogP contribution is 2.47. The van der Waals surface area contributed by atoms with Gasteiger partial charge in [0.1, 0.15) is 17.3 Å². The average molecular weight is 530 g/mol. The highest BCUT2D eigenvalue weighted by Gasteiger charge is 2.47. The summed E-state index contributed by atoms with van der Waals surface area (Å²) in [6, 6.07) is 10.9. The van der Waals surface area contributed by atoms with Crippen LogP contribution in [0.15, 0.2) is 53.4 Å². The van der Waals surface area contributed by atoms with E-state index in [9.17, 15) is 14.7 Å². The van der Waals surface area contributed by atoms with Crippen molar-refractivity contribution in [2.75, 3.05) is 28.4 Å². The molecule has 10 heteroatoms. The summed E-state index contributed by atoms with van der Waals surface area (Å²) < 4.78 is 21.7. The Balaban J connectivity index is 1.99. The summed E-state index contributed by atoms with van der Waals surface area (Å²) >= 11 is 7.78. The zero-order chi connectivity index (χ0) is 26.0. The van der Waals surface area contributed by atoms with Gasteiger partial charge in [-0.2, -0.15) is 0 Å². The van der Waals surface area contributed by atoms with E-state index in [-0.39, 0.29) is 28.5 Å². The van der Waals surface area contributed by atoms with Crippen molar-refractivity contribution in [2.24, 2.45) is 0 Å². The smallest absolute Gasteiger partial charge is 0.295 e. The van der Waals surface area contributed by atoms with Gasteiger partial charge < -0.3 is 29.0 Å². The SMILES string of the molecule is COc1cc(OC)c(/C(O)=C2\C(=O)C(=O)N(Cc3cccs3)C2c2cccc(OC)c2OC)cc1Cl. The van der Waals surface area contributed by atoms with Crippen molar-refractivity contribution in [3.63, 3.8) is 0 Å². The molecule has 1 saturated heterocycles. The Kier molecular flexibility index (Phi) is 7.42. The van der Waals surface area contributed by atoms with Gasteiger partial charge in [0.05, 0.1) is 57.2 Å². The van der Waals surface area contributed by atoms with Crippen molar-refractivity contribution in [1.29, 1.82) is 0 Å². The first-order valence-corrected chi connectivity index (χ1v) is 12.1. The Morgan fingerprint density at radius 3 is 2.31 bits per heavy atom. The molecule has 0 bridgehead atoms. The van der Waals surface area contributed by atoms with Gasteiger partial charge in [0.15, 0.2) is 11.5 Å². The van der Waals surface area contributed by atoms with E-state index in [0.717, 1.165) is 4.88 Å². The molecule has 1 amide bonds. The first-order valence-electron chi connectivity index (χ1n) is 10.8. The number of likely N-dealkylation sites (tertiary alicyclic amines) is 1. The summed E-state index contributed by atoms with van der Waals surface area (Å²) in [6.07, 6.45) is 0. The van der Waals surface area contributed by atoms with E-state index in [1.807, 2.05) is 17.5 Å². The minimum atomic E-state index is -0.970. The van der Waals surface area contributed by atoms with E-state index < -0.39 is 23.5 Å². The van der Waals surface area contributed by atoms with Crippen LogP contribution in [0, 0.1) is 0 Å². The van der Waals surface area contributed by atoms with Crippen LogP contribution >= 0.6 is 22.9 Å². The summed E-state index contributed by atoms with van der Waals surface area (Å²) in [5.74, 6) is -0.719. The van der Waals surface area contributed by atoms with Crippen molar-refractivity contribution in [3.8, 4) is 23.0 Å². The zero-order valence-electron chi connectivity index (χ0n) is 20.0. The van der Waals surface area contributed by atoms with E-state index >= 15 is 0 Å². The molecule has 4 rings (SSSR count). The average Bonchev–Trinajstić information content (AvgIpc) is 3.49. The minimum absolute atomic E-state index is 0.123. The highest BCUT2D eigenvalue weighted by atomic mass is 35.5. The fraction of sp³-hybridized carbons (Fsp3) is 0.231. The Morgan fingerprint density at radius 1 is 0.972 bits per heavy atom. The van der Waals surface area contributed by atoms with Crippen molar-refractivity contribution in [2.45, 2.75) is 12.6 Å². The minimum Gasteiger partial charge on any atom is -0.507 e. The van der Waals surface area contributed by atoms with Crippen LogP contribution in [0.3, 0.4) is 0 Å². The summed E-state index contributed by atoms with van der Waals surface area (Å²) in [5.41, 5.74) is 0.500. The molecule has 1 N–H and O–H groups in total. The Hall–Kier alpha value is -3.69. The number of Topliss-reactive ketones (excluding diaryl/α,β-unsaturated/α-hetero) is 1. The Bertz CT molecular complexity index is 1340. The summed E-state index contributed by atoms with van der Waals surface area (Å²) in [7, 11) is 5.83. The predicted molar refractivity (Wildman–Crippen MR) is 136 cm³/mol. The molecule has 0 radical (unpaired) electrons. The van der Waals surface area contributed by atoms with E-state index in [1.165, 1.54) is 56.8 Å². The number of hydrogen-bond acceptors (Lipinski definition) is 8. The number of methoxy groups -OCH3 is 4. The van der Waals surface area contributed by atoms with Gasteiger partial charge in [0.25, 0.3) is 11.7 Å². The molecule has 0 spiro atoms. The quantitative estimate of drug-likeness (QED) is 0.248. The lowest BCUT2D eigenvalue weighted by atomic mass is 9.94. The largest absolute Gasteiger partial charge is 0.507 e. The molecule has 1 atom stereocenters. The van der Waals surface area contributed by atoms with Gasteiger partial charge in [0.2, 0.25) is 0 Å². The second-order valence-corrected chi connectivity index (χ2v) is 9.22. The number of nitrogens with zero attached hydrogens (tertiary/aromatic N) is 1. The van der Waals surface area contributed by atoms with Crippen molar-refractivity contribution in [1.82, 2.24) is 4.90 Å². The fourth-order valence-electron chi connectivity index (χ4n) is 4.25. The topological polar surface area (TPSA) is 94.5 Å². The summed E-state index contributed by atoms with van der Waals surface area (Å²) in [5, 5.41) is 13.6. The van der Waals surface area contributed by atoms with Crippen LogP contribution in [0.2, 0.25) is 5.02 Å². The molecule has 2 aromatic carbocycles. The fourth-order valence-corrected chi connectivity index (χ4v) is 5.20. The van der Waals surface area contributed by atoms with Crippen LogP contribution in [0.4, 0.5) is 0 Å². The maximum atomic E-state index is 13.4. The van der Waals surface area contributed by atoms with Crippen LogP contribution in [0.5, 0.6) is 23.0 Å². The molecular weight excluding hydrogens is 506 g/mol. The first kappa shape index (κ1) is 25.4. The van der Waals surface area contributed by atoms with Crippen molar-refractivity contribution < 1.29 is 33.6 Å². The number of ketones is 1. The zero-order valence-corrected chi connectivity index (χ0v) is 21.6. The number of aliphatic hydroxyl groups excluding tert-OH is 1. The molecule has 8 nitrogen and oxygen atoms in total. The number of carbonyl (C=O) groups is 2. The van der Waals surface area contributed by atoms with Gasteiger partial charge in [-0.15, -0.1) is 11.3 Å². The van der Waals surface area contributed by atoms with Crippen LogP contribution in [-0.2, 0) is 16.1 Å². The number of aliphatic hydroxyl groups is 1. The van der Waals surface area contributed by atoms with Gasteiger partial charge in [0, 0.05) is 16.5 Å². The molecule has 2 heterocycles. The molecule has 1 aliphatic rings. The van der Waals surface area contributed by atoms with Crippen LogP contribution in [0.1, 0.15) is 22.0 Å². The van der Waals surface area contributed by atoms with Gasteiger partial charge in [-0.05, 0) is 23.6 Å². The summed E-state index contributed by atoms with van der Waals surface area (Å²) in [6.45, 7) is 0.157.